The molecule has 3 N–H and O–H groups in total. The second kappa shape index (κ2) is 4.18. The molecule has 15 heavy (non-hydrogen) atoms. The van der Waals surface area contributed by atoms with E-state index in [1.54, 1.807) is 0 Å². The molecule has 1 saturated heterocycles. The summed E-state index contributed by atoms with van der Waals surface area (Å²) in [7, 11) is 0. The van der Waals surface area contributed by atoms with Crippen LogP contribution in [0.15, 0.2) is 0 Å². The Labute approximate surface area is 88.2 Å². The number of carbonyl (C=O) groups is 2. The van der Waals surface area contributed by atoms with Crippen LogP contribution >= 0.6 is 0 Å². The van der Waals surface area contributed by atoms with Gasteiger partial charge >= 0.3 is 5.97 Å². The molecule has 1 amide bonds. The number of amides is 1. The maximum absolute atomic E-state index is 11.6. The summed E-state index contributed by atoms with van der Waals surface area (Å²) in [4.78, 5) is 22.3. The van der Waals surface area contributed by atoms with Crippen molar-refractivity contribution in [3.63, 3.8) is 0 Å². The quantitative estimate of drug-likeness (QED) is 0.593. The van der Waals surface area contributed by atoms with Crippen LogP contribution in [0.4, 0.5) is 0 Å². The minimum Gasteiger partial charge on any atom is -0.481 e. The van der Waals surface area contributed by atoms with E-state index in [1.165, 1.54) is 0 Å². The van der Waals surface area contributed by atoms with E-state index in [0.29, 0.717) is 12.8 Å². The van der Waals surface area contributed by atoms with E-state index in [-0.39, 0.29) is 23.8 Å². The van der Waals surface area contributed by atoms with Crippen LogP contribution in [0.2, 0.25) is 0 Å². The minimum atomic E-state index is -0.739. The molecule has 0 spiro atoms. The van der Waals surface area contributed by atoms with Gasteiger partial charge in [0.2, 0.25) is 5.91 Å². The Balaban J connectivity index is 1.76. The summed E-state index contributed by atoms with van der Waals surface area (Å²) < 4.78 is 0. The molecule has 1 saturated carbocycles. The lowest BCUT2D eigenvalue weighted by Crippen LogP contribution is -2.52. The van der Waals surface area contributed by atoms with Crippen molar-refractivity contribution < 1.29 is 14.7 Å². The van der Waals surface area contributed by atoms with E-state index >= 15 is 0 Å². The second-order valence-corrected chi connectivity index (χ2v) is 4.41. The third kappa shape index (κ3) is 2.28. The zero-order valence-electron chi connectivity index (χ0n) is 8.53. The molecular weight excluding hydrogens is 196 g/mol. The van der Waals surface area contributed by atoms with Crippen molar-refractivity contribution in [2.45, 2.75) is 25.3 Å². The molecule has 84 valence electrons. The maximum Gasteiger partial charge on any atom is 0.306 e. The molecular formula is C10H16N2O3. The van der Waals surface area contributed by atoms with Crippen LogP contribution in [-0.2, 0) is 9.59 Å². The van der Waals surface area contributed by atoms with Crippen molar-refractivity contribution in [3.05, 3.63) is 0 Å². The van der Waals surface area contributed by atoms with Gasteiger partial charge in [0.25, 0.3) is 0 Å². The average Bonchev–Trinajstić information content (AvgIpc) is 2.48. The average molecular weight is 212 g/mol. The Kier molecular flexibility index (Phi) is 2.90. The van der Waals surface area contributed by atoms with Gasteiger partial charge in [0.05, 0.1) is 11.8 Å². The number of nitrogens with one attached hydrogen (secondary N) is 2. The van der Waals surface area contributed by atoms with E-state index in [2.05, 4.69) is 10.6 Å². The Morgan fingerprint density at radius 1 is 1.20 bits per heavy atom. The van der Waals surface area contributed by atoms with Crippen LogP contribution in [0.1, 0.15) is 19.3 Å². The summed E-state index contributed by atoms with van der Waals surface area (Å²) in [5, 5.41) is 14.8. The molecule has 0 bridgehead atoms. The highest BCUT2D eigenvalue weighted by Crippen LogP contribution is 2.25. The molecule has 2 atom stereocenters. The number of rotatable bonds is 3. The van der Waals surface area contributed by atoms with Crippen molar-refractivity contribution in [3.8, 4) is 0 Å². The van der Waals surface area contributed by atoms with Crippen LogP contribution in [0.3, 0.4) is 0 Å². The van der Waals surface area contributed by atoms with E-state index < -0.39 is 5.97 Å². The van der Waals surface area contributed by atoms with Crippen molar-refractivity contribution in [1.82, 2.24) is 10.6 Å². The zero-order chi connectivity index (χ0) is 10.8. The van der Waals surface area contributed by atoms with E-state index in [1.807, 2.05) is 0 Å². The maximum atomic E-state index is 11.6. The van der Waals surface area contributed by atoms with Gasteiger partial charge in [-0.05, 0) is 19.3 Å². The number of carboxylic acid groups (broad SMARTS) is 1. The van der Waals surface area contributed by atoms with Gasteiger partial charge < -0.3 is 15.7 Å². The lowest BCUT2D eigenvalue weighted by molar-refractivity contribution is -0.141. The normalized spacial score (nSPS) is 30.9. The number of hydrogen-bond donors (Lipinski definition) is 3. The Morgan fingerprint density at radius 3 is 2.40 bits per heavy atom. The van der Waals surface area contributed by atoms with Crippen LogP contribution in [0, 0.1) is 11.8 Å². The lowest BCUT2D eigenvalue weighted by Gasteiger charge is -2.27. The van der Waals surface area contributed by atoms with Crippen LogP contribution in [0.5, 0.6) is 0 Å². The van der Waals surface area contributed by atoms with Crippen molar-refractivity contribution >= 4 is 11.9 Å². The van der Waals surface area contributed by atoms with Crippen molar-refractivity contribution in [2.75, 3.05) is 13.1 Å². The smallest absolute Gasteiger partial charge is 0.306 e. The van der Waals surface area contributed by atoms with Gasteiger partial charge in [0.1, 0.15) is 0 Å². The fraction of sp³-hybridized carbons (Fsp3) is 0.800. The number of hydrogen-bond acceptors (Lipinski definition) is 3. The highest BCUT2D eigenvalue weighted by molar-refractivity contribution is 5.80. The summed E-state index contributed by atoms with van der Waals surface area (Å²) in [6.45, 7) is 1.50. The monoisotopic (exact) mass is 212 g/mol. The van der Waals surface area contributed by atoms with Gasteiger partial charge in [0.15, 0.2) is 0 Å². The summed E-state index contributed by atoms with van der Waals surface area (Å²) in [5.74, 6) is -0.842. The first kappa shape index (κ1) is 10.4. The third-order valence-electron chi connectivity index (χ3n) is 3.28. The molecule has 1 aliphatic heterocycles. The SMILES string of the molecule is O=C(N[C@H]1CC[C@@H](C(=O)O)C1)C1CNC1. The molecule has 0 unspecified atom stereocenters. The highest BCUT2D eigenvalue weighted by Gasteiger charge is 2.33. The first-order valence-electron chi connectivity index (χ1n) is 5.40. The molecule has 2 rings (SSSR count). The molecule has 0 aromatic carbocycles. The Morgan fingerprint density at radius 2 is 1.93 bits per heavy atom. The molecule has 0 radical (unpaired) electrons. The minimum absolute atomic E-state index is 0.0687. The predicted octanol–water partition coefficient (Wildman–Crippen LogP) is -0.425. The predicted molar refractivity (Wildman–Crippen MR) is 53.3 cm³/mol. The Hall–Kier alpha value is -1.10. The summed E-state index contributed by atoms with van der Waals surface area (Å²) in [6, 6.07) is 0.0687. The first-order valence-corrected chi connectivity index (χ1v) is 5.40. The molecule has 5 heteroatoms. The van der Waals surface area contributed by atoms with Crippen LogP contribution < -0.4 is 10.6 Å². The van der Waals surface area contributed by atoms with E-state index in [4.69, 9.17) is 5.11 Å². The van der Waals surface area contributed by atoms with Gasteiger partial charge in [-0.1, -0.05) is 0 Å². The summed E-state index contributed by atoms with van der Waals surface area (Å²) in [5.41, 5.74) is 0. The molecule has 0 aromatic rings. The van der Waals surface area contributed by atoms with Gasteiger partial charge in [0, 0.05) is 19.1 Å². The van der Waals surface area contributed by atoms with E-state index in [0.717, 1.165) is 19.5 Å². The van der Waals surface area contributed by atoms with Gasteiger partial charge in [-0.3, -0.25) is 9.59 Å². The summed E-state index contributed by atoms with van der Waals surface area (Å²) in [6.07, 6.45) is 2.06. The molecule has 1 aliphatic carbocycles. The lowest BCUT2D eigenvalue weighted by atomic mass is 10.0. The van der Waals surface area contributed by atoms with Crippen LogP contribution in [-0.4, -0.2) is 36.1 Å². The topological polar surface area (TPSA) is 78.4 Å². The second-order valence-electron chi connectivity index (χ2n) is 4.41. The van der Waals surface area contributed by atoms with Crippen molar-refractivity contribution in [1.29, 1.82) is 0 Å². The molecule has 2 aliphatic rings. The van der Waals surface area contributed by atoms with Gasteiger partial charge in [-0.2, -0.15) is 0 Å². The molecule has 0 aromatic heterocycles. The van der Waals surface area contributed by atoms with Crippen LogP contribution in [0.25, 0.3) is 0 Å². The number of carboxylic acids is 1. The molecule has 1 heterocycles. The first-order chi connectivity index (χ1) is 7.16. The Bertz CT molecular complexity index is 276. The zero-order valence-corrected chi connectivity index (χ0v) is 8.53. The van der Waals surface area contributed by atoms with Gasteiger partial charge in [-0.15, -0.1) is 0 Å². The number of carbonyl (C=O) groups excluding carboxylic acids is 1. The number of aliphatic carboxylic acids is 1. The third-order valence-corrected chi connectivity index (χ3v) is 3.28. The largest absolute Gasteiger partial charge is 0.481 e. The van der Waals surface area contributed by atoms with Crippen molar-refractivity contribution in [2.24, 2.45) is 11.8 Å². The summed E-state index contributed by atoms with van der Waals surface area (Å²) >= 11 is 0. The fourth-order valence-corrected chi connectivity index (χ4v) is 2.13. The fourth-order valence-electron chi connectivity index (χ4n) is 2.13. The molecule has 2 fully saturated rings. The standard InChI is InChI=1S/C10H16N2O3/c13-9(7-4-11-5-7)12-8-2-1-6(3-8)10(14)15/h6-8,11H,1-5H2,(H,12,13)(H,14,15)/t6-,8+/m1/s1. The highest BCUT2D eigenvalue weighted by atomic mass is 16.4. The molecule has 5 nitrogen and oxygen atoms in total. The van der Waals surface area contributed by atoms with Gasteiger partial charge in [-0.25, -0.2) is 0 Å². The van der Waals surface area contributed by atoms with E-state index in [9.17, 15) is 9.59 Å².